The number of nitrogens with zero attached hydrogens (tertiary/aromatic N) is 3. The number of aromatic amines is 1. The van der Waals surface area contributed by atoms with Crippen LogP contribution in [0.4, 0.5) is 5.69 Å². The third-order valence-corrected chi connectivity index (χ3v) is 5.29. The molecule has 0 saturated heterocycles. The Kier molecular flexibility index (Phi) is 4.33. The van der Waals surface area contributed by atoms with E-state index in [9.17, 15) is 13.2 Å². The van der Waals surface area contributed by atoms with Gasteiger partial charge in [0.05, 0.1) is 21.8 Å². The number of aryl methyl sites for hydroxylation is 1. The van der Waals surface area contributed by atoms with Gasteiger partial charge < -0.3 is 4.98 Å². The fourth-order valence-electron chi connectivity index (χ4n) is 2.98. The standard InChI is InChI=1S/C17H13Cl2N5O3S/c1-8-20-16-12-6-11(14(19)7-15(12)21-17(25)24(16)22-8)10-4-3-9(5-13(10)18)23-28(2,26)27/h3-7,23H,1-2H3,(H,21,25). The lowest BCUT2D eigenvalue weighted by molar-refractivity contribution is 0.607. The average Bonchev–Trinajstić information content (AvgIpc) is 2.96. The zero-order chi connectivity index (χ0) is 20.2. The van der Waals surface area contributed by atoms with Gasteiger partial charge in [0.2, 0.25) is 10.0 Å². The second-order valence-electron chi connectivity index (χ2n) is 6.27. The molecule has 0 amide bonds. The number of aromatic nitrogens is 4. The first-order chi connectivity index (χ1) is 13.1. The van der Waals surface area contributed by atoms with E-state index in [0.29, 0.717) is 49.2 Å². The number of rotatable bonds is 3. The molecule has 4 aromatic rings. The molecular weight excluding hydrogens is 425 g/mol. The van der Waals surface area contributed by atoms with Crippen LogP contribution in [-0.4, -0.2) is 34.3 Å². The van der Waals surface area contributed by atoms with Crippen molar-refractivity contribution in [3.8, 4) is 11.1 Å². The molecule has 0 saturated carbocycles. The Hall–Kier alpha value is -2.62. The summed E-state index contributed by atoms with van der Waals surface area (Å²) < 4.78 is 26.4. The Labute approximate surface area is 169 Å². The van der Waals surface area contributed by atoms with Crippen molar-refractivity contribution in [2.75, 3.05) is 11.0 Å². The number of H-pyrrole nitrogens is 1. The molecule has 8 nitrogen and oxygen atoms in total. The normalized spacial score (nSPS) is 12.0. The maximum Gasteiger partial charge on any atom is 0.348 e. The topological polar surface area (TPSA) is 109 Å². The maximum atomic E-state index is 12.2. The van der Waals surface area contributed by atoms with Crippen molar-refractivity contribution in [2.24, 2.45) is 0 Å². The molecule has 2 aromatic carbocycles. The van der Waals surface area contributed by atoms with Gasteiger partial charge in [-0.3, -0.25) is 4.72 Å². The molecule has 4 rings (SSSR count). The molecule has 2 N–H and O–H groups in total. The van der Waals surface area contributed by atoms with Crippen LogP contribution < -0.4 is 10.4 Å². The van der Waals surface area contributed by atoms with Crippen molar-refractivity contribution in [1.82, 2.24) is 19.6 Å². The van der Waals surface area contributed by atoms with Gasteiger partial charge in [-0.2, -0.15) is 4.52 Å². The molecule has 0 bridgehead atoms. The van der Waals surface area contributed by atoms with E-state index in [1.807, 2.05) is 0 Å². The first kappa shape index (κ1) is 18.7. The van der Waals surface area contributed by atoms with E-state index < -0.39 is 15.7 Å². The minimum Gasteiger partial charge on any atom is -0.305 e. The molecule has 0 spiro atoms. The zero-order valence-electron chi connectivity index (χ0n) is 14.6. The van der Waals surface area contributed by atoms with Crippen LogP contribution >= 0.6 is 23.2 Å². The molecule has 144 valence electrons. The summed E-state index contributed by atoms with van der Waals surface area (Å²) in [6.45, 7) is 1.69. The van der Waals surface area contributed by atoms with Crippen molar-refractivity contribution >= 4 is 55.5 Å². The summed E-state index contributed by atoms with van der Waals surface area (Å²) >= 11 is 12.8. The van der Waals surface area contributed by atoms with Crippen LogP contribution in [0, 0.1) is 6.92 Å². The Morgan fingerprint density at radius 2 is 1.82 bits per heavy atom. The number of anilines is 1. The molecule has 0 unspecified atom stereocenters. The van der Waals surface area contributed by atoms with Gasteiger partial charge in [0.15, 0.2) is 5.65 Å². The zero-order valence-corrected chi connectivity index (χ0v) is 16.9. The van der Waals surface area contributed by atoms with Crippen molar-refractivity contribution in [2.45, 2.75) is 6.92 Å². The van der Waals surface area contributed by atoms with Gasteiger partial charge in [-0.05, 0) is 31.2 Å². The number of benzene rings is 2. The van der Waals surface area contributed by atoms with Crippen LogP contribution in [0.1, 0.15) is 5.82 Å². The molecule has 28 heavy (non-hydrogen) atoms. The number of hydrogen-bond acceptors (Lipinski definition) is 5. The summed E-state index contributed by atoms with van der Waals surface area (Å²) in [5.41, 5.74) is 2.06. The smallest absolute Gasteiger partial charge is 0.305 e. The predicted octanol–water partition coefficient (Wildman–Crippen LogP) is 3.22. The highest BCUT2D eigenvalue weighted by molar-refractivity contribution is 7.92. The van der Waals surface area contributed by atoms with E-state index in [0.717, 1.165) is 6.26 Å². The fraction of sp³-hybridized carbons (Fsp3) is 0.118. The van der Waals surface area contributed by atoms with Gasteiger partial charge in [-0.25, -0.2) is 18.2 Å². The van der Waals surface area contributed by atoms with E-state index in [-0.39, 0.29) is 0 Å². The fourth-order valence-corrected chi connectivity index (χ4v) is 4.08. The van der Waals surface area contributed by atoms with E-state index in [1.54, 1.807) is 31.2 Å². The molecule has 0 aliphatic rings. The highest BCUT2D eigenvalue weighted by Crippen LogP contribution is 2.37. The minimum absolute atomic E-state index is 0.313. The third-order valence-electron chi connectivity index (χ3n) is 4.06. The highest BCUT2D eigenvalue weighted by atomic mass is 35.5. The van der Waals surface area contributed by atoms with Crippen LogP contribution in [0.15, 0.2) is 35.1 Å². The summed E-state index contributed by atoms with van der Waals surface area (Å²) in [6.07, 6.45) is 1.06. The summed E-state index contributed by atoms with van der Waals surface area (Å²) in [5, 5.41) is 5.42. The summed E-state index contributed by atoms with van der Waals surface area (Å²) in [5.74, 6) is 0.462. The van der Waals surface area contributed by atoms with E-state index in [2.05, 4.69) is 19.8 Å². The van der Waals surface area contributed by atoms with E-state index in [1.165, 1.54) is 10.6 Å². The highest BCUT2D eigenvalue weighted by Gasteiger charge is 2.15. The summed E-state index contributed by atoms with van der Waals surface area (Å²) in [6, 6.07) is 8.15. The molecule has 2 aromatic heterocycles. The van der Waals surface area contributed by atoms with Gasteiger partial charge in [0, 0.05) is 22.2 Å². The lowest BCUT2D eigenvalue weighted by Gasteiger charge is -2.11. The maximum absolute atomic E-state index is 12.2. The second kappa shape index (κ2) is 6.47. The van der Waals surface area contributed by atoms with E-state index >= 15 is 0 Å². The van der Waals surface area contributed by atoms with Gasteiger partial charge in [-0.1, -0.05) is 29.3 Å². The first-order valence-electron chi connectivity index (χ1n) is 7.99. The van der Waals surface area contributed by atoms with Crippen molar-refractivity contribution in [1.29, 1.82) is 0 Å². The Morgan fingerprint density at radius 3 is 2.50 bits per heavy atom. The summed E-state index contributed by atoms with van der Waals surface area (Å²) in [4.78, 5) is 19.2. The van der Waals surface area contributed by atoms with Crippen LogP contribution in [-0.2, 0) is 10.0 Å². The van der Waals surface area contributed by atoms with Crippen molar-refractivity contribution < 1.29 is 8.42 Å². The van der Waals surface area contributed by atoms with Crippen LogP contribution in [0.2, 0.25) is 10.0 Å². The van der Waals surface area contributed by atoms with Gasteiger partial charge >= 0.3 is 5.69 Å². The van der Waals surface area contributed by atoms with E-state index in [4.69, 9.17) is 23.2 Å². The summed E-state index contributed by atoms with van der Waals surface area (Å²) in [7, 11) is -3.42. The number of nitrogens with one attached hydrogen (secondary N) is 2. The predicted molar refractivity (Wildman–Crippen MR) is 110 cm³/mol. The molecule has 0 radical (unpaired) electrons. The molecule has 0 fully saturated rings. The monoisotopic (exact) mass is 437 g/mol. The first-order valence-corrected chi connectivity index (χ1v) is 10.6. The quantitative estimate of drug-likeness (QED) is 0.511. The molecule has 11 heteroatoms. The lowest BCUT2D eigenvalue weighted by Crippen LogP contribution is -2.17. The van der Waals surface area contributed by atoms with Gasteiger partial charge in [0.25, 0.3) is 0 Å². The van der Waals surface area contributed by atoms with Crippen molar-refractivity contribution in [3.05, 3.63) is 56.7 Å². The molecule has 2 heterocycles. The van der Waals surface area contributed by atoms with Crippen LogP contribution in [0.5, 0.6) is 0 Å². The lowest BCUT2D eigenvalue weighted by atomic mass is 10.0. The number of halogens is 2. The third kappa shape index (κ3) is 3.32. The molecule has 0 aliphatic heterocycles. The molecular formula is C17H13Cl2N5O3S. The van der Waals surface area contributed by atoms with Gasteiger partial charge in [-0.15, -0.1) is 5.10 Å². The Bertz CT molecular complexity index is 1430. The number of fused-ring (bicyclic) bond motifs is 3. The minimum atomic E-state index is -3.42. The second-order valence-corrected chi connectivity index (χ2v) is 8.83. The Morgan fingerprint density at radius 1 is 1.11 bits per heavy atom. The van der Waals surface area contributed by atoms with Gasteiger partial charge in [0.1, 0.15) is 5.82 Å². The average molecular weight is 438 g/mol. The van der Waals surface area contributed by atoms with Crippen molar-refractivity contribution in [3.63, 3.8) is 0 Å². The Balaban J connectivity index is 1.94. The molecule has 0 atom stereocenters. The number of sulfonamides is 1. The molecule has 0 aliphatic carbocycles. The van der Waals surface area contributed by atoms with Crippen LogP contribution in [0.25, 0.3) is 27.7 Å². The largest absolute Gasteiger partial charge is 0.348 e. The van der Waals surface area contributed by atoms with Crippen LogP contribution in [0.3, 0.4) is 0 Å². The number of hydrogen-bond donors (Lipinski definition) is 2. The SMILES string of the molecule is Cc1nc2c3cc(-c4ccc(NS(C)(=O)=O)cc4Cl)c(Cl)cc3[nH]c(=O)n2n1.